The van der Waals surface area contributed by atoms with Crippen molar-refractivity contribution in [3.63, 3.8) is 0 Å². The molecule has 0 bridgehead atoms. The topological polar surface area (TPSA) is 59.1 Å². The summed E-state index contributed by atoms with van der Waals surface area (Å²) in [5, 5.41) is 7.14. The van der Waals surface area contributed by atoms with Crippen LogP contribution in [0.3, 0.4) is 0 Å². The Bertz CT molecular complexity index is 374. The van der Waals surface area contributed by atoms with E-state index in [1.54, 1.807) is 6.08 Å². The molecule has 0 fully saturated rings. The van der Waals surface area contributed by atoms with E-state index in [2.05, 4.69) is 18.7 Å². The molecule has 1 aromatic carbocycles. The third-order valence-corrected chi connectivity index (χ3v) is 2.43. The molecule has 0 atom stereocenters. The maximum absolute atomic E-state index is 7.14. The minimum atomic E-state index is 0.271. The van der Waals surface area contributed by atoms with Gasteiger partial charge >= 0.3 is 0 Å². The Hall–Kier alpha value is -1.77. The Kier molecular flexibility index (Phi) is 5.86. The maximum Gasteiger partial charge on any atom is 0.120 e. The van der Waals surface area contributed by atoms with Gasteiger partial charge in [-0.3, -0.25) is 5.41 Å². The van der Waals surface area contributed by atoms with Crippen LogP contribution in [0.15, 0.2) is 36.9 Å². The van der Waals surface area contributed by atoms with Gasteiger partial charge in [0, 0.05) is 6.42 Å². The van der Waals surface area contributed by atoms with Gasteiger partial charge in [-0.1, -0.05) is 24.8 Å². The van der Waals surface area contributed by atoms with Gasteiger partial charge in [0.25, 0.3) is 0 Å². The average molecular weight is 232 g/mol. The van der Waals surface area contributed by atoms with E-state index in [4.69, 9.17) is 15.9 Å². The van der Waals surface area contributed by atoms with Crippen molar-refractivity contribution >= 4 is 5.84 Å². The Morgan fingerprint density at radius 3 is 2.94 bits per heavy atom. The summed E-state index contributed by atoms with van der Waals surface area (Å²) in [7, 11) is 0. The summed E-state index contributed by atoms with van der Waals surface area (Å²) in [6.07, 6.45) is 5.43. The van der Waals surface area contributed by atoms with Crippen molar-refractivity contribution < 1.29 is 4.74 Å². The van der Waals surface area contributed by atoms with Gasteiger partial charge in [-0.15, -0.1) is 0 Å². The molecule has 0 amide bonds. The van der Waals surface area contributed by atoms with Crippen LogP contribution < -0.4 is 10.5 Å². The Balaban J connectivity index is 2.37. The summed E-state index contributed by atoms with van der Waals surface area (Å²) >= 11 is 0. The zero-order valence-corrected chi connectivity index (χ0v) is 10.1. The van der Waals surface area contributed by atoms with Crippen molar-refractivity contribution in [3.05, 3.63) is 42.5 Å². The number of aryl methyl sites for hydroxylation is 1. The molecule has 0 spiro atoms. The van der Waals surface area contributed by atoms with Crippen molar-refractivity contribution in [2.45, 2.75) is 25.7 Å². The summed E-state index contributed by atoms with van der Waals surface area (Å²) in [4.78, 5) is 0. The zero-order chi connectivity index (χ0) is 12.5. The minimum absolute atomic E-state index is 0.271. The number of ether oxygens (including phenoxy) is 1. The number of rotatable bonds is 8. The Labute approximate surface area is 103 Å². The predicted octanol–water partition coefficient (Wildman–Crippen LogP) is 2.90. The van der Waals surface area contributed by atoms with Gasteiger partial charge in [-0.2, -0.15) is 0 Å². The molecule has 3 heteroatoms. The van der Waals surface area contributed by atoms with Crippen LogP contribution in [0.2, 0.25) is 0 Å². The first-order valence-electron chi connectivity index (χ1n) is 5.88. The maximum atomic E-state index is 7.14. The van der Waals surface area contributed by atoms with Gasteiger partial charge in [-0.05, 0) is 37.0 Å². The summed E-state index contributed by atoms with van der Waals surface area (Å²) in [6.45, 7) is 4.15. The highest BCUT2D eigenvalue weighted by Crippen LogP contribution is 2.15. The third kappa shape index (κ3) is 5.76. The summed E-state index contributed by atoms with van der Waals surface area (Å²) in [5.74, 6) is 1.15. The van der Waals surface area contributed by atoms with Gasteiger partial charge < -0.3 is 10.5 Å². The lowest BCUT2D eigenvalue weighted by molar-refractivity contribution is 0.363. The monoisotopic (exact) mass is 232 g/mol. The molecule has 0 saturated heterocycles. The highest BCUT2D eigenvalue weighted by atomic mass is 16.5. The van der Waals surface area contributed by atoms with Crippen molar-refractivity contribution in [2.24, 2.45) is 5.73 Å². The number of hydrogen-bond donors (Lipinski definition) is 2. The fourth-order valence-electron chi connectivity index (χ4n) is 1.59. The highest BCUT2D eigenvalue weighted by molar-refractivity contribution is 5.76. The summed E-state index contributed by atoms with van der Waals surface area (Å²) in [6, 6.07) is 8.09. The van der Waals surface area contributed by atoms with Crippen molar-refractivity contribution in [1.29, 1.82) is 5.41 Å². The molecule has 1 aromatic rings. The average Bonchev–Trinajstić information content (AvgIpc) is 2.32. The molecule has 3 nitrogen and oxygen atoms in total. The van der Waals surface area contributed by atoms with Gasteiger partial charge in [0.2, 0.25) is 0 Å². The zero-order valence-electron chi connectivity index (χ0n) is 10.1. The van der Waals surface area contributed by atoms with Gasteiger partial charge in [0.05, 0.1) is 5.84 Å². The van der Waals surface area contributed by atoms with E-state index >= 15 is 0 Å². The smallest absolute Gasteiger partial charge is 0.120 e. The molecule has 3 N–H and O–H groups in total. The molecule has 0 aliphatic rings. The first-order valence-corrected chi connectivity index (χ1v) is 5.88. The lowest BCUT2D eigenvalue weighted by Gasteiger charge is -2.06. The summed E-state index contributed by atoms with van der Waals surface area (Å²) in [5.41, 5.74) is 6.56. The molecule has 92 valence electrons. The quantitative estimate of drug-likeness (QED) is 0.313. The number of nitrogens with one attached hydrogen (secondary N) is 1. The highest BCUT2D eigenvalue weighted by Gasteiger charge is 1.97. The fraction of sp³-hybridized carbons (Fsp3) is 0.357. The van der Waals surface area contributed by atoms with E-state index in [1.807, 2.05) is 12.1 Å². The fourth-order valence-corrected chi connectivity index (χ4v) is 1.59. The van der Waals surface area contributed by atoms with E-state index in [1.165, 1.54) is 5.56 Å². The molecule has 0 radical (unpaired) electrons. The van der Waals surface area contributed by atoms with Crippen LogP contribution in [-0.2, 0) is 6.42 Å². The van der Waals surface area contributed by atoms with Gasteiger partial charge in [-0.25, -0.2) is 0 Å². The number of benzene rings is 1. The van der Waals surface area contributed by atoms with E-state index < -0.39 is 0 Å². The molecular weight excluding hydrogens is 212 g/mol. The van der Waals surface area contributed by atoms with Crippen LogP contribution in [-0.4, -0.2) is 12.4 Å². The van der Waals surface area contributed by atoms with Crippen LogP contribution in [0.25, 0.3) is 0 Å². The van der Waals surface area contributed by atoms with Gasteiger partial charge in [0.1, 0.15) is 12.4 Å². The van der Waals surface area contributed by atoms with Crippen LogP contribution >= 0.6 is 0 Å². The SMILES string of the molecule is C=CCOc1cccc(CCCCC(=N)N)c1. The molecule has 1 rings (SSSR count). The molecule has 0 aliphatic carbocycles. The molecule has 0 aliphatic heterocycles. The second-order valence-electron chi connectivity index (χ2n) is 3.98. The number of amidine groups is 1. The van der Waals surface area contributed by atoms with Crippen LogP contribution in [0.5, 0.6) is 5.75 Å². The molecule has 0 heterocycles. The number of hydrogen-bond acceptors (Lipinski definition) is 2. The van der Waals surface area contributed by atoms with E-state index in [0.29, 0.717) is 13.0 Å². The second-order valence-corrected chi connectivity index (χ2v) is 3.98. The molecule has 0 unspecified atom stereocenters. The van der Waals surface area contributed by atoms with Crippen molar-refractivity contribution in [3.8, 4) is 5.75 Å². The lowest BCUT2D eigenvalue weighted by atomic mass is 10.1. The second kappa shape index (κ2) is 7.49. The van der Waals surface area contributed by atoms with Crippen molar-refractivity contribution in [1.82, 2.24) is 0 Å². The molecular formula is C14H20N2O. The molecule has 0 saturated carbocycles. The van der Waals surface area contributed by atoms with Crippen LogP contribution in [0.4, 0.5) is 0 Å². The minimum Gasteiger partial charge on any atom is -0.490 e. The van der Waals surface area contributed by atoms with E-state index in [9.17, 15) is 0 Å². The largest absolute Gasteiger partial charge is 0.490 e. The Morgan fingerprint density at radius 2 is 2.24 bits per heavy atom. The normalized spacial score (nSPS) is 9.88. The first-order chi connectivity index (χ1) is 8.22. The van der Waals surface area contributed by atoms with E-state index in [-0.39, 0.29) is 5.84 Å². The summed E-state index contributed by atoms with van der Waals surface area (Å²) < 4.78 is 5.47. The standard InChI is InChI=1S/C14H20N2O/c1-2-10-17-13-8-5-7-12(11-13)6-3-4-9-14(15)16/h2,5,7-8,11H,1,3-4,6,9-10H2,(H3,15,16). The first kappa shape index (κ1) is 13.3. The van der Waals surface area contributed by atoms with Crippen LogP contribution in [0.1, 0.15) is 24.8 Å². The van der Waals surface area contributed by atoms with Gasteiger partial charge in [0.15, 0.2) is 0 Å². The van der Waals surface area contributed by atoms with E-state index in [0.717, 1.165) is 25.0 Å². The number of nitrogens with two attached hydrogens (primary N) is 1. The van der Waals surface area contributed by atoms with Crippen molar-refractivity contribution in [2.75, 3.05) is 6.61 Å². The number of unbranched alkanes of at least 4 members (excludes halogenated alkanes) is 1. The lowest BCUT2D eigenvalue weighted by Crippen LogP contribution is -2.08. The molecule has 17 heavy (non-hydrogen) atoms. The Morgan fingerprint density at radius 1 is 1.41 bits per heavy atom. The predicted molar refractivity (Wildman–Crippen MR) is 71.6 cm³/mol. The van der Waals surface area contributed by atoms with Crippen LogP contribution in [0, 0.1) is 5.41 Å². The molecule has 0 aromatic heterocycles. The third-order valence-electron chi connectivity index (χ3n) is 2.43.